The van der Waals surface area contributed by atoms with E-state index in [-0.39, 0.29) is 12.0 Å². The Morgan fingerprint density at radius 3 is 3.04 bits per heavy atom. The van der Waals surface area contributed by atoms with Gasteiger partial charge in [-0.25, -0.2) is 4.98 Å². The molecule has 26 heavy (non-hydrogen) atoms. The molecular formula is C19H22N4O2S. The van der Waals surface area contributed by atoms with Gasteiger partial charge < -0.3 is 19.9 Å². The number of aliphatic hydroxyl groups is 1. The van der Waals surface area contributed by atoms with E-state index in [0.717, 1.165) is 36.4 Å². The predicted octanol–water partition coefficient (Wildman–Crippen LogP) is 2.18. The maximum absolute atomic E-state index is 12.4. The highest BCUT2D eigenvalue weighted by Crippen LogP contribution is 2.25. The fraction of sp³-hybridized carbons (Fsp3) is 0.368. The second-order valence-corrected chi connectivity index (χ2v) is 7.68. The number of carbonyl (C=O) groups excluding carboxylic acids is 1. The highest BCUT2D eigenvalue weighted by molar-refractivity contribution is 7.09. The minimum absolute atomic E-state index is 0.0766. The van der Waals surface area contributed by atoms with Crippen LogP contribution in [0.1, 0.15) is 21.7 Å². The van der Waals surface area contributed by atoms with Gasteiger partial charge in [0.25, 0.3) is 5.91 Å². The summed E-state index contributed by atoms with van der Waals surface area (Å²) in [7, 11) is 1.97. The second-order valence-electron chi connectivity index (χ2n) is 6.65. The van der Waals surface area contributed by atoms with Crippen LogP contribution in [0.2, 0.25) is 0 Å². The molecule has 3 heterocycles. The van der Waals surface area contributed by atoms with Gasteiger partial charge in [-0.1, -0.05) is 6.07 Å². The standard InChI is InChI=1S/C19H22N4O2S/c1-22-17-5-4-13(18(25)20-8-6-15-3-2-10-26-15)11-16(17)21-19(22)23-9-7-14(24)12-23/h2-5,10-11,14,24H,6-9,12H2,1H3,(H,20,25)/t14-/m0/s1. The van der Waals surface area contributed by atoms with E-state index >= 15 is 0 Å². The van der Waals surface area contributed by atoms with Gasteiger partial charge in [0.15, 0.2) is 0 Å². The number of nitrogens with zero attached hydrogens (tertiary/aromatic N) is 3. The summed E-state index contributed by atoms with van der Waals surface area (Å²) in [6.45, 7) is 2.03. The molecular weight excluding hydrogens is 348 g/mol. The predicted molar refractivity (Wildman–Crippen MR) is 104 cm³/mol. The van der Waals surface area contributed by atoms with Crippen LogP contribution >= 0.6 is 11.3 Å². The van der Waals surface area contributed by atoms with E-state index in [0.29, 0.717) is 18.7 Å². The number of nitrogens with one attached hydrogen (secondary N) is 1. The van der Waals surface area contributed by atoms with Crippen molar-refractivity contribution in [3.8, 4) is 0 Å². The molecule has 1 fully saturated rings. The fourth-order valence-electron chi connectivity index (χ4n) is 3.39. The summed E-state index contributed by atoms with van der Waals surface area (Å²) in [5.41, 5.74) is 2.40. The number of aryl methyl sites for hydroxylation is 1. The van der Waals surface area contributed by atoms with Crippen LogP contribution in [0.3, 0.4) is 0 Å². The Balaban J connectivity index is 1.49. The zero-order valence-corrected chi connectivity index (χ0v) is 15.5. The molecule has 1 amide bonds. The number of imidazole rings is 1. The molecule has 2 aromatic heterocycles. The molecule has 7 heteroatoms. The van der Waals surface area contributed by atoms with Crippen LogP contribution in [-0.4, -0.2) is 46.3 Å². The summed E-state index contributed by atoms with van der Waals surface area (Å²) in [4.78, 5) is 20.5. The van der Waals surface area contributed by atoms with E-state index in [9.17, 15) is 9.90 Å². The summed E-state index contributed by atoms with van der Waals surface area (Å²) < 4.78 is 2.02. The van der Waals surface area contributed by atoms with Crippen molar-refractivity contribution >= 4 is 34.2 Å². The quantitative estimate of drug-likeness (QED) is 0.722. The Hall–Kier alpha value is -2.38. The maximum Gasteiger partial charge on any atom is 0.251 e. The molecule has 1 aromatic carbocycles. The molecule has 0 aliphatic carbocycles. The van der Waals surface area contributed by atoms with Crippen LogP contribution in [0.15, 0.2) is 35.7 Å². The average molecular weight is 370 g/mol. The smallest absolute Gasteiger partial charge is 0.251 e. The number of aromatic nitrogens is 2. The number of β-amino-alcohol motifs (C(OH)–C–C–N with tert-alkyl or cyclic N) is 1. The van der Waals surface area contributed by atoms with Crippen molar-refractivity contribution in [2.75, 3.05) is 24.5 Å². The minimum Gasteiger partial charge on any atom is -0.391 e. The van der Waals surface area contributed by atoms with Crippen LogP contribution in [-0.2, 0) is 13.5 Å². The normalized spacial score (nSPS) is 17.2. The topological polar surface area (TPSA) is 70.4 Å². The molecule has 0 spiro atoms. The van der Waals surface area contributed by atoms with E-state index in [1.165, 1.54) is 4.88 Å². The van der Waals surface area contributed by atoms with Crippen molar-refractivity contribution in [2.24, 2.45) is 7.05 Å². The zero-order chi connectivity index (χ0) is 18.1. The number of thiophene rings is 1. The second kappa shape index (κ2) is 7.09. The van der Waals surface area contributed by atoms with Gasteiger partial charge >= 0.3 is 0 Å². The lowest BCUT2D eigenvalue weighted by molar-refractivity contribution is 0.0954. The number of hydrogen-bond donors (Lipinski definition) is 2. The van der Waals surface area contributed by atoms with E-state index < -0.39 is 0 Å². The number of aliphatic hydroxyl groups excluding tert-OH is 1. The number of benzene rings is 1. The summed E-state index contributed by atoms with van der Waals surface area (Å²) >= 11 is 1.70. The van der Waals surface area contributed by atoms with Crippen LogP contribution in [0.4, 0.5) is 5.95 Å². The van der Waals surface area contributed by atoms with Crippen LogP contribution in [0.25, 0.3) is 11.0 Å². The Morgan fingerprint density at radius 1 is 1.42 bits per heavy atom. The number of amides is 1. The zero-order valence-electron chi connectivity index (χ0n) is 14.7. The highest BCUT2D eigenvalue weighted by atomic mass is 32.1. The largest absolute Gasteiger partial charge is 0.391 e. The first-order valence-corrected chi connectivity index (χ1v) is 9.70. The molecule has 2 N–H and O–H groups in total. The van der Waals surface area contributed by atoms with Crippen molar-refractivity contribution in [1.29, 1.82) is 0 Å². The Labute approximate surface area is 156 Å². The third-order valence-electron chi connectivity index (χ3n) is 4.80. The van der Waals surface area contributed by atoms with E-state index in [1.54, 1.807) is 11.3 Å². The Morgan fingerprint density at radius 2 is 2.31 bits per heavy atom. The molecule has 0 unspecified atom stereocenters. The molecule has 1 aliphatic heterocycles. The molecule has 0 saturated carbocycles. The molecule has 0 bridgehead atoms. The lowest BCUT2D eigenvalue weighted by atomic mass is 10.2. The van der Waals surface area contributed by atoms with Crippen LogP contribution < -0.4 is 10.2 Å². The van der Waals surface area contributed by atoms with Crippen molar-refractivity contribution in [3.63, 3.8) is 0 Å². The first kappa shape index (κ1) is 17.1. The van der Waals surface area contributed by atoms with E-state index in [2.05, 4.69) is 16.3 Å². The maximum atomic E-state index is 12.4. The molecule has 1 atom stereocenters. The number of fused-ring (bicyclic) bond motifs is 1. The lowest BCUT2D eigenvalue weighted by Crippen LogP contribution is -2.25. The SMILES string of the molecule is Cn1c(N2CC[C@H](O)C2)nc2cc(C(=O)NCCc3cccs3)ccc21. The average Bonchev–Trinajstić information content (AvgIpc) is 3.36. The Kier molecular flexibility index (Phi) is 4.65. The summed E-state index contributed by atoms with van der Waals surface area (Å²) in [6, 6.07) is 9.72. The summed E-state index contributed by atoms with van der Waals surface area (Å²) in [5.74, 6) is 0.763. The molecule has 4 rings (SSSR count). The third-order valence-corrected chi connectivity index (χ3v) is 5.74. The van der Waals surface area contributed by atoms with Crippen LogP contribution in [0.5, 0.6) is 0 Å². The summed E-state index contributed by atoms with van der Waals surface area (Å²) in [6.07, 6.45) is 1.32. The van der Waals surface area contributed by atoms with E-state index in [1.807, 2.05) is 41.3 Å². The highest BCUT2D eigenvalue weighted by Gasteiger charge is 2.24. The first-order chi connectivity index (χ1) is 12.6. The van der Waals surface area contributed by atoms with Gasteiger partial charge in [0.1, 0.15) is 0 Å². The van der Waals surface area contributed by atoms with Gasteiger partial charge in [0.05, 0.1) is 17.1 Å². The first-order valence-electron chi connectivity index (χ1n) is 8.82. The monoisotopic (exact) mass is 370 g/mol. The van der Waals surface area contributed by atoms with Crippen molar-refractivity contribution < 1.29 is 9.90 Å². The molecule has 3 aromatic rings. The van der Waals surface area contributed by atoms with Crippen LogP contribution in [0, 0.1) is 0 Å². The number of hydrogen-bond acceptors (Lipinski definition) is 5. The van der Waals surface area contributed by atoms with E-state index in [4.69, 9.17) is 4.98 Å². The van der Waals surface area contributed by atoms with Gasteiger partial charge in [-0.3, -0.25) is 4.79 Å². The van der Waals surface area contributed by atoms with Crippen molar-refractivity contribution in [1.82, 2.24) is 14.9 Å². The third kappa shape index (κ3) is 3.32. The molecule has 6 nitrogen and oxygen atoms in total. The lowest BCUT2D eigenvalue weighted by Gasteiger charge is -2.16. The summed E-state index contributed by atoms with van der Waals surface area (Å²) in [5, 5.41) is 14.8. The number of carbonyl (C=O) groups is 1. The molecule has 1 aliphatic rings. The number of rotatable bonds is 5. The minimum atomic E-state index is -0.292. The van der Waals surface area contributed by atoms with Gasteiger partial charge in [0, 0.05) is 37.1 Å². The van der Waals surface area contributed by atoms with Gasteiger partial charge in [0.2, 0.25) is 5.95 Å². The van der Waals surface area contributed by atoms with Crippen molar-refractivity contribution in [3.05, 3.63) is 46.2 Å². The van der Waals surface area contributed by atoms with Gasteiger partial charge in [-0.15, -0.1) is 11.3 Å². The molecule has 1 saturated heterocycles. The molecule has 136 valence electrons. The van der Waals surface area contributed by atoms with Gasteiger partial charge in [-0.05, 0) is 42.5 Å². The number of anilines is 1. The fourth-order valence-corrected chi connectivity index (χ4v) is 4.10. The Bertz CT molecular complexity index is 919. The molecule has 0 radical (unpaired) electrons. The van der Waals surface area contributed by atoms with Gasteiger partial charge in [-0.2, -0.15) is 0 Å². The van der Waals surface area contributed by atoms with Crippen molar-refractivity contribution in [2.45, 2.75) is 18.9 Å².